The average molecular weight is 327 g/mol. The quantitative estimate of drug-likeness (QED) is 0.816. The third-order valence-electron chi connectivity index (χ3n) is 4.15. The zero-order valence-corrected chi connectivity index (χ0v) is 14.8. The van der Waals surface area contributed by atoms with Gasteiger partial charge >= 0.3 is 0 Å². The lowest BCUT2D eigenvalue weighted by Gasteiger charge is -2.38. The largest absolute Gasteiger partial charge is 0.348 e. The predicted octanol–water partition coefficient (Wildman–Crippen LogP) is 3.25. The Hall–Kier alpha value is -2.20. The highest BCUT2D eigenvalue weighted by molar-refractivity contribution is 6.02. The van der Waals surface area contributed by atoms with E-state index in [-0.39, 0.29) is 18.1 Å². The van der Waals surface area contributed by atoms with Gasteiger partial charge < -0.3 is 10.1 Å². The highest BCUT2D eigenvalue weighted by atomic mass is 16.5. The highest BCUT2D eigenvalue weighted by Gasteiger charge is 2.39. The summed E-state index contributed by atoms with van der Waals surface area (Å²) < 4.78 is 6.00. The lowest BCUT2D eigenvalue weighted by Crippen LogP contribution is -2.54. The summed E-state index contributed by atoms with van der Waals surface area (Å²) >= 11 is 0. The fourth-order valence-electron chi connectivity index (χ4n) is 2.83. The Labute approximate surface area is 143 Å². The minimum atomic E-state index is -1.02. The van der Waals surface area contributed by atoms with Crippen LogP contribution in [-0.4, -0.2) is 24.0 Å². The SMILES string of the molecule is CCCOC1(NC(=O)Cc2ccc(C)cc2)C(C)=CC(=O)C=C1C. The molecule has 0 atom stereocenters. The lowest BCUT2D eigenvalue weighted by molar-refractivity contribution is -0.128. The summed E-state index contributed by atoms with van der Waals surface area (Å²) in [6.45, 7) is 8.15. The maximum Gasteiger partial charge on any atom is 0.227 e. The molecule has 0 bridgehead atoms. The van der Waals surface area contributed by atoms with E-state index >= 15 is 0 Å². The number of aryl methyl sites for hydroxylation is 1. The standard InChI is InChI=1S/C20H25NO3/c1-5-10-24-20(15(3)11-18(22)12-16(20)4)21-19(23)13-17-8-6-14(2)7-9-17/h6-9,11-12H,5,10,13H2,1-4H3,(H,21,23). The van der Waals surface area contributed by atoms with Gasteiger partial charge in [0.05, 0.1) is 6.42 Å². The molecular formula is C20H25NO3. The van der Waals surface area contributed by atoms with Gasteiger partial charge in [0.1, 0.15) is 0 Å². The van der Waals surface area contributed by atoms with Crippen molar-refractivity contribution in [2.45, 2.75) is 46.3 Å². The fraction of sp³-hybridized carbons (Fsp3) is 0.400. The lowest BCUT2D eigenvalue weighted by atomic mass is 9.89. The second kappa shape index (κ2) is 7.58. The Morgan fingerprint density at radius 1 is 1.08 bits per heavy atom. The van der Waals surface area contributed by atoms with Gasteiger partial charge in [0.15, 0.2) is 11.5 Å². The van der Waals surface area contributed by atoms with Crippen molar-refractivity contribution < 1.29 is 14.3 Å². The number of hydrogen-bond donors (Lipinski definition) is 1. The number of allylic oxidation sites excluding steroid dienone is 2. The third-order valence-corrected chi connectivity index (χ3v) is 4.15. The molecule has 0 fully saturated rings. The van der Waals surface area contributed by atoms with Gasteiger partial charge in [0.25, 0.3) is 0 Å². The summed E-state index contributed by atoms with van der Waals surface area (Å²) in [5, 5.41) is 3.00. The monoisotopic (exact) mass is 327 g/mol. The van der Waals surface area contributed by atoms with E-state index < -0.39 is 5.72 Å². The molecule has 1 aromatic carbocycles. The molecule has 1 N–H and O–H groups in total. The number of carbonyl (C=O) groups excluding carboxylic acids is 2. The summed E-state index contributed by atoms with van der Waals surface area (Å²) in [5.41, 5.74) is 2.49. The van der Waals surface area contributed by atoms with Crippen molar-refractivity contribution >= 4 is 11.7 Å². The molecule has 1 amide bonds. The molecule has 4 heteroatoms. The molecule has 1 aliphatic carbocycles. The van der Waals surface area contributed by atoms with E-state index in [1.165, 1.54) is 12.2 Å². The molecule has 0 saturated heterocycles. The molecule has 0 unspecified atom stereocenters. The van der Waals surface area contributed by atoms with Crippen molar-refractivity contribution in [2.75, 3.05) is 6.61 Å². The molecule has 0 aromatic heterocycles. The van der Waals surface area contributed by atoms with Gasteiger partial charge in [-0.05, 0) is 56.1 Å². The van der Waals surface area contributed by atoms with Crippen molar-refractivity contribution in [1.29, 1.82) is 0 Å². The molecule has 4 nitrogen and oxygen atoms in total. The summed E-state index contributed by atoms with van der Waals surface area (Å²) in [5.74, 6) is -0.210. The molecule has 0 spiro atoms. The van der Waals surface area contributed by atoms with Crippen LogP contribution >= 0.6 is 0 Å². The maximum atomic E-state index is 12.6. The first-order chi connectivity index (χ1) is 11.4. The second-order valence-corrected chi connectivity index (χ2v) is 6.30. The van der Waals surface area contributed by atoms with E-state index in [1.807, 2.05) is 52.0 Å². The van der Waals surface area contributed by atoms with Crippen LogP contribution in [0, 0.1) is 6.92 Å². The van der Waals surface area contributed by atoms with Crippen LogP contribution in [0.15, 0.2) is 47.6 Å². The van der Waals surface area contributed by atoms with Crippen LogP contribution in [0.4, 0.5) is 0 Å². The first-order valence-corrected chi connectivity index (χ1v) is 8.29. The predicted molar refractivity (Wildman–Crippen MR) is 94.5 cm³/mol. The van der Waals surface area contributed by atoms with Crippen molar-refractivity contribution in [3.05, 3.63) is 58.7 Å². The van der Waals surface area contributed by atoms with Crippen LogP contribution in [0.3, 0.4) is 0 Å². The van der Waals surface area contributed by atoms with Crippen LogP contribution in [0.25, 0.3) is 0 Å². The average Bonchev–Trinajstić information content (AvgIpc) is 2.52. The number of ether oxygens (including phenoxy) is 1. The van der Waals surface area contributed by atoms with Gasteiger partial charge in [-0.2, -0.15) is 0 Å². The normalized spacial score (nSPS) is 16.4. The summed E-state index contributed by atoms with van der Waals surface area (Å²) in [4.78, 5) is 24.3. The van der Waals surface area contributed by atoms with E-state index in [2.05, 4.69) is 5.32 Å². The molecule has 1 aliphatic rings. The fourth-order valence-corrected chi connectivity index (χ4v) is 2.83. The van der Waals surface area contributed by atoms with E-state index in [1.54, 1.807) is 0 Å². The number of hydrogen-bond acceptors (Lipinski definition) is 3. The van der Waals surface area contributed by atoms with Crippen molar-refractivity contribution in [3.8, 4) is 0 Å². The summed E-state index contributed by atoms with van der Waals surface area (Å²) in [7, 11) is 0. The zero-order valence-electron chi connectivity index (χ0n) is 14.8. The van der Waals surface area contributed by atoms with Crippen molar-refractivity contribution in [2.24, 2.45) is 0 Å². The molecule has 128 valence electrons. The Morgan fingerprint density at radius 3 is 2.21 bits per heavy atom. The number of rotatable bonds is 6. The molecule has 0 heterocycles. The number of nitrogens with one attached hydrogen (secondary N) is 1. The molecule has 0 saturated carbocycles. The molecular weight excluding hydrogens is 302 g/mol. The molecule has 0 aliphatic heterocycles. The van der Waals surface area contributed by atoms with Crippen LogP contribution in [-0.2, 0) is 20.7 Å². The molecule has 1 aromatic rings. The van der Waals surface area contributed by atoms with Crippen LogP contribution in [0.1, 0.15) is 38.3 Å². The number of carbonyl (C=O) groups is 2. The third kappa shape index (κ3) is 4.01. The Bertz CT molecular complexity index is 661. The van der Waals surface area contributed by atoms with Gasteiger partial charge in [-0.1, -0.05) is 36.8 Å². The van der Waals surface area contributed by atoms with E-state index in [4.69, 9.17) is 4.74 Å². The van der Waals surface area contributed by atoms with Crippen LogP contribution in [0.5, 0.6) is 0 Å². The van der Waals surface area contributed by atoms with Gasteiger partial charge in [0.2, 0.25) is 5.91 Å². The summed E-state index contributed by atoms with van der Waals surface area (Å²) in [6, 6.07) is 7.87. The Kier molecular flexibility index (Phi) is 5.73. The topological polar surface area (TPSA) is 55.4 Å². The molecule has 24 heavy (non-hydrogen) atoms. The van der Waals surface area contributed by atoms with Gasteiger partial charge in [-0.15, -0.1) is 0 Å². The van der Waals surface area contributed by atoms with E-state index in [0.29, 0.717) is 17.8 Å². The van der Waals surface area contributed by atoms with Gasteiger partial charge in [-0.3, -0.25) is 9.59 Å². The smallest absolute Gasteiger partial charge is 0.227 e. The Morgan fingerprint density at radius 2 is 1.67 bits per heavy atom. The van der Waals surface area contributed by atoms with E-state index in [0.717, 1.165) is 17.5 Å². The van der Waals surface area contributed by atoms with Crippen molar-refractivity contribution in [1.82, 2.24) is 5.32 Å². The molecule has 0 radical (unpaired) electrons. The maximum absolute atomic E-state index is 12.6. The Balaban J connectivity index is 2.21. The number of benzene rings is 1. The highest BCUT2D eigenvalue weighted by Crippen LogP contribution is 2.31. The minimum Gasteiger partial charge on any atom is -0.348 e. The van der Waals surface area contributed by atoms with Gasteiger partial charge in [0, 0.05) is 6.61 Å². The molecule has 2 rings (SSSR count). The summed E-state index contributed by atoms with van der Waals surface area (Å²) in [6.07, 6.45) is 4.14. The first kappa shape index (κ1) is 18.1. The second-order valence-electron chi connectivity index (χ2n) is 6.30. The first-order valence-electron chi connectivity index (χ1n) is 8.29. The number of ketones is 1. The van der Waals surface area contributed by atoms with Crippen molar-refractivity contribution in [3.63, 3.8) is 0 Å². The minimum absolute atomic E-state index is 0.0755. The van der Waals surface area contributed by atoms with Crippen LogP contribution in [0.2, 0.25) is 0 Å². The zero-order chi connectivity index (χ0) is 17.7. The van der Waals surface area contributed by atoms with Crippen LogP contribution < -0.4 is 5.32 Å². The number of amides is 1. The van der Waals surface area contributed by atoms with Gasteiger partial charge in [-0.25, -0.2) is 0 Å². The van der Waals surface area contributed by atoms with E-state index in [9.17, 15) is 9.59 Å².